The molecule has 1 N–H and O–H groups in total. The van der Waals surface area contributed by atoms with Crippen molar-refractivity contribution in [3.05, 3.63) is 53.3 Å². The first-order chi connectivity index (χ1) is 15.2. The fourth-order valence-corrected chi connectivity index (χ4v) is 5.03. The van der Waals surface area contributed by atoms with Gasteiger partial charge in [-0.2, -0.15) is 4.31 Å². The lowest BCUT2D eigenvalue weighted by atomic mass is 10.2. The highest BCUT2D eigenvalue weighted by Crippen LogP contribution is 2.26. The summed E-state index contributed by atoms with van der Waals surface area (Å²) in [5, 5.41) is 10.5. The van der Waals surface area contributed by atoms with Gasteiger partial charge in [0.15, 0.2) is 0 Å². The van der Waals surface area contributed by atoms with Crippen LogP contribution < -0.4 is 5.32 Å². The fourth-order valence-electron chi connectivity index (χ4n) is 2.79. The molecule has 170 valence electrons. The molecule has 0 spiro atoms. The predicted molar refractivity (Wildman–Crippen MR) is 121 cm³/mol. The van der Waals surface area contributed by atoms with Gasteiger partial charge in [0.1, 0.15) is 5.82 Å². The van der Waals surface area contributed by atoms with Crippen LogP contribution in [0.4, 0.5) is 10.1 Å². The summed E-state index contributed by atoms with van der Waals surface area (Å²) in [6.45, 7) is 4.26. The summed E-state index contributed by atoms with van der Waals surface area (Å²) >= 11 is 6.71. The number of hydrogen-bond acceptors (Lipinski definition) is 7. The number of carbonyl (C=O) groups excluding carboxylic acids is 1. The van der Waals surface area contributed by atoms with E-state index < -0.39 is 15.8 Å². The number of hydrogen-bond donors (Lipinski definition) is 1. The van der Waals surface area contributed by atoms with Crippen molar-refractivity contribution in [2.45, 2.75) is 24.0 Å². The van der Waals surface area contributed by atoms with Crippen LogP contribution in [0.2, 0.25) is 5.02 Å². The Hall–Kier alpha value is -2.47. The number of carbonyl (C=O) groups is 1. The molecule has 0 aliphatic carbocycles. The Morgan fingerprint density at radius 2 is 1.94 bits per heavy atom. The minimum absolute atomic E-state index is 0.0347. The largest absolute Gasteiger partial charge is 0.411 e. The Morgan fingerprint density at radius 3 is 2.62 bits per heavy atom. The van der Waals surface area contributed by atoms with Crippen LogP contribution in [-0.4, -0.2) is 47.7 Å². The molecule has 0 saturated heterocycles. The molecule has 0 fully saturated rings. The number of anilines is 1. The van der Waals surface area contributed by atoms with E-state index in [4.69, 9.17) is 16.0 Å². The SMILES string of the molecule is CCN(CC)S(=O)(=O)c1cccc(-c2nnc(SCC(=O)Nc3ccc(F)c(Cl)c3)o2)c1. The zero-order valence-electron chi connectivity index (χ0n) is 17.2. The molecule has 3 aromatic rings. The molecule has 2 aromatic carbocycles. The molecule has 0 aliphatic heterocycles. The highest BCUT2D eigenvalue weighted by atomic mass is 35.5. The van der Waals surface area contributed by atoms with E-state index >= 15 is 0 Å². The van der Waals surface area contributed by atoms with Crippen LogP contribution in [0.1, 0.15) is 13.8 Å². The summed E-state index contributed by atoms with van der Waals surface area (Å²) in [6, 6.07) is 10.1. The second-order valence-electron chi connectivity index (χ2n) is 6.46. The van der Waals surface area contributed by atoms with Crippen LogP contribution in [0.15, 0.2) is 57.0 Å². The summed E-state index contributed by atoms with van der Waals surface area (Å²) in [4.78, 5) is 12.2. The highest BCUT2D eigenvalue weighted by molar-refractivity contribution is 7.99. The lowest BCUT2D eigenvalue weighted by molar-refractivity contribution is -0.113. The molecule has 0 radical (unpaired) electrons. The Labute approximate surface area is 194 Å². The molecule has 0 bridgehead atoms. The van der Waals surface area contributed by atoms with Gasteiger partial charge in [0.05, 0.1) is 15.7 Å². The van der Waals surface area contributed by atoms with E-state index in [9.17, 15) is 17.6 Å². The third kappa shape index (κ3) is 5.66. The molecule has 1 heterocycles. The van der Waals surface area contributed by atoms with Gasteiger partial charge in [0, 0.05) is 24.3 Å². The van der Waals surface area contributed by atoms with Crippen LogP contribution in [0.3, 0.4) is 0 Å². The van der Waals surface area contributed by atoms with E-state index in [1.165, 1.54) is 28.6 Å². The van der Waals surface area contributed by atoms with E-state index in [0.29, 0.717) is 24.3 Å². The first-order valence-corrected chi connectivity index (χ1v) is 12.4. The fraction of sp³-hybridized carbons (Fsp3) is 0.250. The lowest BCUT2D eigenvalue weighted by Gasteiger charge is -2.18. The van der Waals surface area contributed by atoms with Crippen LogP contribution in [0.25, 0.3) is 11.5 Å². The Bertz CT molecular complexity index is 1220. The van der Waals surface area contributed by atoms with E-state index in [1.807, 2.05) is 0 Å². The molecule has 0 unspecified atom stereocenters. The molecule has 0 saturated carbocycles. The second-order valence-corrected chi connectivity index (χ2v) is 9.73. The van der Waals surface area contributed by atoms with Crippen molar-refractivity contribution in [1.29, 1.82) is 0 Å². The van der Waals surface area contributed by atoms with Gasteiger partial charge in [-0.25, -0.2) is 12.8 Å². The Balaban J connectivity index is 1.67. The van der Waals surface area contributed by atoms with Crippen LogP contribution in [0, 0.1) is 5.82 Å². The zero-order chi connectivity index (χ0) is 23.3. The van der Waals surface area contributed by atoms with E-state index in [2.05, 4.69) is 15.5 Å². The molecule has 1 aromatic heterocycles. The number of nitrogens with zero attached hydrogens (tertiary/aromatic N) is 3. The van der Waals surface area contributed by atoms with Crippen molar-refractivity contribution >= 4 is 45.0 Å². The molecular formula is C20H20ClFN4O4S2. The molecule has 1 amide bonds. The minimum Gasteiger partial charge on any atom is -0.411 e. The quantitative estimate of drug-likeness (QED) is 0.438. The summed E-state index contributed by atoms with van der Waals surface area (Å²) in [7, 11) is -3.63. The van der Waals surface area contributed by atoms with Gasteiger partial charge in [0.25, 0.3) is 5.22 Å². The first-order valence-electron chi connectivity index (χ1n) is 9.56. The van der Waals surface area contributed by atoms with Crippen molar-refractivity contribution in [2.75, 3.05) is 24.2 Å². The molecule has 32 heavy (non-hydrogen) atoms. The van der Waals surface area contributed by atoms with Gasteiger partial charge in [-0.1, -0.05) is 43.3 Å². The number of thioether (sulfide) groups is 1. The van der Waals surface area contributed by atoms with Crippen molar-refractivity contribution in [1.82, 2.24) is 14.5 Å². The predicted octanol–water partition coefficient (Wildman–Crippen LogP) is 4.29. The minimum atomic E-state index is -3.63. The molecular weight excluding hydrogens is 479 g/mol. The molecule has 8 nitrogen and oxygen atoms in total. The first kappa shape index (κ1) is 24.2. The van der Waals surface area contributed by atoms with Crippen molar-refractivity contribution in [3.63, 3.8) is 0 Å². The third-order valence-corrected chi connectivity index (χ3v) is 7.51. The van der Waals surface area contributed by atoms with Crippen molar-refractivity contribution in [3.8, 4) is 11.5 Å². The second kappa shape index (κ2) is 10.4. The molecule has 12 heteroatoms. The van der Waals surface area contributed by atoms with Gasteiger partial charge >= 0.3 is 0 Å². The van der Waals surface area contributed by atoms with Gasteiger partial charge in [0.2, 0.25) is 21.8 Å². The van der Waals surface area contributed by atoms with Crippen LogP contribution in [0.5, 0.6) is 0 Å². The number of sulfonamides is 1. The maximum atomic E-state index is 13.2. The topological polar surface area (TPSA) is 105 Å². The Kier molecular flexibility index (Phi) is 7.88. The van der Waals surface area contributed by atoms with Gasteiger partial charge in [-0.3, -0.25) is 4.79 Å². The summed E-state index contributed by atoms with van der Waals surface area (Å²) < 4.78 is 45.6. The third-order valence-electron chi connectivity index (χ3n) is 4.36. The van der Waals surface area contributed by atoms with Gasteiger partial charge in [-0.15, -0.1) is 10.2 Å². The average Bonchev–Trinajstić information content (AvgIpc) is 3.25. The highest BCUT2D eigenvalue weighted by Gasteiger charge is 2.22. The molecule has 0 aliphatic rings. The zero-order valence-corrected chi connectivity index (χ0v) is 19.6. The Morgan fingerprint density at radius 1 is 1.19 bits per heavy atom. The maximum Gasteiger partial charge on any atom is 0.277 e. The van der Waals surface area contributed by atoms with Gasteiger partial charge in [-0.05, 0) is 36.4 Å². The molecule has 3 rings (SSSR count). The lowest BCUT2D eigenvalue weighted by Crippen LogP contribution is -2.30. The van der Waals surface area contributed by atoms with Crippen LogP contribution in [-0.2, 0) is 14.8 Å². The van der Waals surface area contributed by atoms with E-state index in [1.54, 1.807) is 26.0 Å². The number of amides is 1. The summed E-state index contributed by atoms with van der Waals surface area (Å²) in [6.07, 6.45) is 0. The number of halogens is 2. The number of nitrogens with one attached hydrogen (secondary N) is 1. The van der Waals surface area contributed by atoms with Crippen molar-refractivity contribution < 1.29 is 22.0 Å². The van der Waals surface area contributed by atoms with Crippen molar-refractivity contribution in [2.24, 2.45) is 0 Å². The monoisotopic (exact) mass is 498 g/mol. The average molecular weight is 499 g/mol. The maximum absolute atomic E-state index is 13.2. The summed E-state index contributed by atoms with van der Waals surface area (Å²) in [5.41, 5.74) is 0.808. The smallest absolute Gasteiger partial charge is 0.277 e. The summed E-state index contributed by atoms with van der Waals surface area (Å²) in [5.74, 6) is -0.849. The number of rotatable bonds is 9. The van der Waals surface area contributed by atoms with E-state index in [-0.39, 0.29) is 32.7 Å². The van der Waals surface area contributed by atoms with Crippen LogP contribution >= 0.6 is 23.4 Å². The normalized spacial score (nSPS) is 11.7. The number of benzene rings is 2. The molecule has 0 atom stereocenters. The van der Waals surface area contributed by atoms with Gasteiger partial charge < -0.3 is 9.73 Å². The van der Waals surface area contributed by atoms with E-state index in [0.717, 1.165) is 17.8 Å². The number of aromatic nitrogens is 2. The standard InChI is InChI=1S/C20H20ClFN4O4S2/c1-3-26(4-2)32(28,29)15-7-5-6-13(10-15)19-24-25-20(30-19)31-12-18(27)23-14-8-9-17(22)16(21)11-14/h5-11H,3-4,12H2,1-2H3,(H,23,27).